The lowest BCUT2D eigenvalue weighted by molar-refractivity contribution is 0.00596. The smallest absolute Gasteiger partial charge is 0.0758 e. The third-order valence-corrected chi connectivity index (χ3v) is 3.67. The van der Waals surface area contributed by atoms with Gasteiger partial charge in [-0.2, -0.15) is 0 Å². The minimum atomic E-state index is 0.294. The summed E-state index contributed by atoms with van der Waals surface area (Å²) in [6, 6.07) is 0.294. The van der Waals surface area contributed by atoms with E-state index in [1.165, 1.54) is 25.7 Å². The molecule has 0 saturated carbocycles. The molecule has 2 fully saturated rings. The maximum absolute atomic E-state index is 5.89. The Bertz CT molecular complexity index is 206. The molecule has 0 amide bonds. The fourth-order valence-electron chi connectivity index (χ4n) is 2.67. The Balaban J connectivity index is 1.80. The summed E-state index contributed by atoms with van der Waals surface area (Å²) in [6.45, 7) is 5.11. The Morgan fingerprint density at radius 1 is 1.31 bits per heavy atom. The molecule has 2 heterocycles. The van der Waals surface area contributed by atoms with Crippen molar-refractivity contribution in [2.24, 2.45) is 5.73 Å². The zero-order chi connectivity index (χ0) is 11.4. The molecule has 0 aromatic heterocycles. The third-order valence-electron chi connectivity index (χ3n) is 3.67. The lowest BCUT2D eigenvalue weighted by Gasteiger charge is -2.33. The van der Waals surface area contributed by atoms with Crippen LogP contribution in [0.5, 0.6) is 0 Å². The van der Waals surface area contributed by atoms with Crippen LogP contribution in [-0.2, 0) is 4.74 Å². The largest absolute Gasteiger partial charge is 0.374 e. The predicted octanol–water partition coefficient (Wildman–Crippen LogP) is 0.872. The van der Waals surface area contributed by atoms with E-state index in [1.807, 2.05) is 0 Å². The van der Waals surface area contributed by atoms with Crippen LogP contribution < -0.4 is 11.2 Å². The topological polar surface area (TPSA) is 50.5 Å². The quantitative estimate of drug-likeness (QED) is 0.748. The van der Waals surface area contributed by atoms with Crippen LogP contribution in [0, 0.1) is 0 Å². The average Bonchev–Trinajstić information content (AvgIpc) is 2.74. The molecule has 0 aliphatic carbocycles. The van der Waals surface area contributed by atoms with Gasteiger partial charge in [0.05, 0.1) is 18.2 Å². The van der Waals surface area contributed by atoms with Crippen LogP contribution in [0.3, 0.4) is 0 Å². The fourth-order valence-corrected chi connectivity index (χ4v) is 2.67. The second kappa shape index (κ2) is 5.96. The highest BCUT2D eigenvalue weighted by atomic mass is 16.5. The first-order valence-corrected chi connectivity index (χ1v) is 6.66. The van der Waals surface area contributed by atoms with Gasteiger partial charge in [-0.05, 0) is 32.6 Å². The highest BCUT2D eigenvalue weighted by Gasteiger charge is 2.29. The van der Waals surface area contributed by atoms with Crippen LogP contribution in [-0.4, -0.2) is 42.9 Å². The minimum Gasteiger partial charge on any atom is -0.374 e. The molecule has 4 heteroatoms. The van der Waals surface area contributed by atoms with E-state index in [2.05, 4.69) is 17.4 Å². The molecule has 0 aromatic carbocycles. The van der Waals surface area contributed by atoms with Crippen molar-refractivity contribution in [1.82, 2.24) is 10.4 Å². The van der Waals surface area contributed by atoms with Gasteiger partial charge in [0.25, 0.3) is 0 Å². The number of ether oxygens (including phenoxy) is 1. The normalized spacial score (nSPS) is 34.1. The Kier molecular flexibility index (Phi) is 4.58. The standard InChI is InChI=1S/C12H25N3O/c1-10-5-6-12(16-10)11(9-13)14-15-7-3-2-4-8-15/h10-12,14H,2-9,13H2,1H3. The molecular formula is C12H25N3O. The van der Waals surface area contributed by atoms with Gasteiger partial charge in [0, 0.05) is 19.6 Å². The number of hydrogen-bond donors (Lipinski definition) is 2. The number of nitrogens with one attached hydrogen (secondary N) is 1. The van der Waals surface area contributed by atoms with Gasteiger partial charge in [-0.15, -0.1) is 0 Å². The molecule has 2 aliphatic heterocycles. The monoisotopic (exact) mass is 227 g/mol. The molecule has 3 atom stereocenters. The van der Waals surface area contributed by atoms with E-state index in [4.69, 9.17) is 10.5 Å². The molecule has 0 bridgehead atoms. The summed E-state index contributed by atoms with van der Waals surface area (Å²) in [6.07, 6.45) is 6.98. The molecule has 3 N–H and O–H groups in total. The van der Waals surface area contributed by atoms with E-state index >= 15 is 0 Å². The molecule has 94 valence electrons. The zero-order valence-corrected chi connectivity index (χ0v) is 10.3. The van der Waals surface area contributed by atoms with Gasteiger partial charge in [-0.3, -0.25) is 0 Å². The molecule has 2 saturated heterocycles. The molecule has 0 radical (unpaired) electrons. The third kappa shape index (κ3) is 3.17. The number of hydrogen-bond acceptors (Lipinski definition) is 4. The van der Waals surface area contributed by atoms with Crippen molar-refractivity contribution in [3.05, 3.63) is 0 Å². The highest BCUT2D eigenvalue weighted by molar-refractivity contribution is 4.83. The van der Waals surface area contributed by atoms with E-state index in [-0.39, 0.29) is 0 Å². The summed E-state index contributed by atoms with van der Waals surface area (Å²) in [5.41, 5.74) is 9.40. The first kappa shape index (κ1) is 12.3. The molecule has 2 rings (SSSR count). The van der Waals surface area contributed by atoms with Crippen molar-refractivity contribution >= 4 is 0 Å². The van der Waals surface area contributed by atoms with Crippen molar-refractivity contribution in [3.8, 4) is 0 Å². The van der Waals surface area contributed by atoms with Gasteiger partial charge in [0.2, 0.25) is 0 Å². The maximum Gasteiger partial charge on any atom is 0.0758 e. The molecule has 0 spiro atoms. The van der Waals surface area contributed by atoms with Gasteiger partial charge in [-0.1, -0.05) is 6.42 Å². The Morgan fingerprint density at radius 2 is 2.06 bits per heavy atom. The number of rotatable bonds is 4. The zero-order valence-electron chi connectivity index (χ0n) is 10.3. The number of hydrazine groups is 1. The van der Waals surface area contributed by atoms with Gasteiger partial charge < -0.3 is 10.5 Å². The van der Waals surface area contributed by atoms with E-state index < -0.39 is 0 Å². The molecule has 2 aliphatic rings. The molecule has 4 nitrogen and oxygen atoms in total. The summed E-state index contributed by atoms with van der Waals surface area (Å²) >= 11 is 0. The Labute approximate surface area is 98.5 Å². The first-order valence-electron chi connectivity index (χ1n) is 6.66. The lowest BCUT2D eigenvalue weighted by atomic mass is 10.1. The molecule has 0 aromatic rings. The number of nitrogens with zero attached hydrogens (tertiary/aromatic N) is 1. The van der Waals surface area contributed by atoms with Gasteiger partial charge in [0.15, 0.2) is 0 Å². The second-order valence-corrected chi connectivity index (χ2v) is 5.08. The van der Waals surface area contributed by atoms with Crippen molar-refractivity contribution in [2.45, 2.75) is 57.3 Å². The van der Waals surface area contributed by atoms with E-state index in [9.17, 15) is 0 Å². The highest BCUT2D eigenvalue weighted by Crippen LogP contribution is 2.22. The number of piperidine rings is 1. The summed E-state index contributed by atoms with van der Waals surface area (Å²) in [5.74, 6) is 0. The summed E-state index contributed by atoms with van der Waals surface area (Å²) in [5, 5.41) is 2.33. The van der Waals surface area contributed by atoms with Crippen LogP contribution >= 0.6 is 0 Å². The summed E-state index contributed by atoms with van der Waals surface area (Å²) in [7, 11) is 0. The number of nitrogens with two attached hydrogens (primary N) is 1. The Hall–Kier alpha value is -0.160. The van der Waals surface area contributed by atoms with E-state index in [1.54, 1.807) is 0 Å². The summed E-state index contributed by atoms with van der Waals surface area (Å²) in [4.78, 5) is 0. The van der Waals surface area contributed by atoms with Crippen LogP contribution in [0.1, 0.15) is 39.0 Å². The molecular weight excluding hydrogens is 202 g/mol. The summed E-state index contributed by atoms with van der Waals surface area (Å²) < 4.78 is 5.89. The maximum atomic E-state index is 5.89. The Morgan fingerprint density at radius 3 is 2.62 bits per heavy atom. The average molecular weight is 227 g/mol. The first-order chi connectivity index (χ1) is 7.79. The minimum absolute atomic E-state index is 0.294. The van der Waals surface area contributed by atoms with Crippen molar-refractivity contribution in [3.63, 3.8) is 0 Å². The van der Waals surface area contributed by atoms with Gasteiger partial charge in [-0.25, -0.2) is 10.4 Å². The molecule has 3 unspecified atom stereocenters. The van der Waals surface area contributed by atoms with Crippen molar-refractivity contribution in [2.75, 3.05) is 19.6 Å². The van der Waals surface area contributed by atoms with Crippen LogP contribution in [0.2, 0.25) is 0 Å². The van der Waals surface area contributed by atoms with Crippen LogP contribution in [0.4, 0.5) is 0 Å². The van der Waals surface area contributed by atoms with E-state index in [0.717, 1.165) is 19.5 Å². The van der Waals surface area contributed by atoms with E-state index in [0.29, 0.717) is 24.8 Å². The second-order valence-electron chi connectivity index (χ2n) is 5.08. The lowest BCUT2D eigenvalue weighted by Crippen LogP contribution is -2.54. The van der Waals surface area contributed by atoms with Crippen LogP contribution in [0.15, 0.2) is 0 Å². The SMILES string of the molecule is CC1CCC(C(CN)NN2CCCCC2)O1. The van der Waals surface area contributed by atoms with Gasteiger partial charge >= 0.3 is 0 Å². The predicted molar refractivity (Wildman–Crippen MR) is 65.0 cm³/mol. The van der Waals surface area contributed by atoms with Crippen LogP contribution in [0.25, 0.3) is 0 Å². The van der Waals surface area contributed by atoms with Crippen molar-refractivity contribution in [1.29, 1.82) is 0 Å². The van der Waals surface area contributed by atoms with Crippen molar-refractivity contribution < 1.29 is 4.74 Å². The molecule has 16 heavy (non-hydrogen) atoms. The van der Waals surface area contributed by atoms with Gasteiger partial charge in [0.1, 0.15) is 0 Å². The fraction of sp³-hybridized carbons (Fsp3) is 1.00.